The molecule has 0 aromatic heterocycles. The predicted molar refractivity (Wildman–Crippen MR) is 94.8 cm³/mol. The van der Waals surface area contributed by atoms with Gasteiger partial charge < -0.3 is 15.5 Å². The summed E-state index contributed by atoms with van der Waals surface area (Å²) in [7, 11) is 0. The van der Waals surface area contributed by atoms with Crippen LogP contribution in [0.2, 0.25) is 0 Å². The van der Waals surface area contributed by atoms with E-state index in [9.17, 15) is 14.4 Å². The molecule has 142 valence electrons. The van der Waals surface area contributed by atoms with Gasteiger partial charge in [-0.25, -0.2) is 0 Å². The monoisotopic (exact) mass is 359 g/mol. The van der Waals surface area contributed by atoms with Gasteiger partial charge in [0.25, 0.3) is 0 Å². The zero-order valence-corrected chi connectivity index (χ0v) is 15.5. The summed E-state index contributed by atoms with van der Waals surface area (Å²) in [4.78, 5) is 39.0. The maximum absolute atomic E-state index is 13.1. The van der Waals surface area contributed by atoms with Crippen LogP contribution in [0.3, 0.4) is 0 Å². The van der Waals surface area contributed by atoms with Gasteiger partial charge in [-0.1, -0.05) is 13.3 Å². The Morgan fingerprint density at radius 3 is 2.35 bits per heavy atom. The van der Waals surface area contributed by atoms with E-state index in [1.165, 1.54) is 19.3 Å². The van der Waals surface area contributed by atoms with E-state index in [4.69, 9.17) is 0 Å². The first-order valence-electron chi connectivity index (χ1n) is 10.3. The van der Waals surface area contributed by atoms with Gasteiger partial charge in [0.2, 0.25) is 5.91 Å². The van der Waals surface area contributed by atoms with Crippen LogP contribution in [-0.2, 0) is 14.4 Å². The minimum absolute atomic E-state index is 0.0751. The third-order valence-electron chi connectivity index (χ3n) is 7.88. The van der Waals surface area contributed by atoms with E-state index in [2.05, 4.69) is 17.6 Å². The number of nitrogens with zero attached hydrogens (tertiary/aromatic N) is 1. The van der Waals surface area contributed by atoms with Crippen LogP contribution >= 0.6 is 0 Å². The molecule has 26 heavy (non-hydrogen) atoms. The Kier molecular flexibility index (Phi) is 3.63. The highest BCUT2D eigenvalue weighted by Crippen LogP contribution is 2.57. The number of rotatable bonds is 4. The maximum atomic E-state index is 13.1. The standard InChI is InChI=1S/C20H29N3O3/c1-20(7-12-4-5-13(20)6-12)19(26)23-9-14-15(10-23)16(14)22-18(25)17(24)21-8-11-2-3-11/h11-16H,2-10H2,1H3,(H,21,24)(H,22,25)/t12?,13?,14-,15+,16?,20?. The fourth-order valence-electron chi connectivity index (χ4n) is 5.99. The minimum Gasteiger partial charge on any atom is -0.348 e. The van der Waals surface area contributed by atoms with E-state index in [1.807, 2.05) is 4.90 Å². The molecule has 1 heterocycles. The molecule has 5 aliphatic rings. The summed E-state index contributed by atoms with van der Waals surface area (Å²) in [6.07, 6.45) is 7.11. The summed E-state index contributed by atoms with van der Waals surface area (Å²) >= 11 is 0. The van der Waals surface area contributed by atoms with Gasteiger partial charge in [-0.05, 0) is 49.9 Å². The molecule has 1 aliphatic heterocycles. The van der Waals surface area contributed by atoms with Gasteiger partial charge in [0.1, 0.15) is 0 Å². The summed E-state index contributed by atoms with van der Waals surface area (Å²) in [6, 6.07) is 0.0751. The van der Waals surface area contributed by atoms with Gasteiger partial charge in [-0.2, -0.15) is 0 Å². The molecule has 0 radical (unpaired) electrons. The van der Waals surface area contributed by atoms with Gasteiger partial charge in [0.05, 0.1) is 0 Å². The molecule has 6 atom stereocenters. The summed E-state index contributed by atoms with van der Waals surface area (Å²) in [5.74, 6) is 1.88. The van der Waals surface area contributed by atoms with Crippen LogP contribution < -0.4 is 10.6 Å². The van der Waals surface area contributed by atoms with Gasteiger partial charge in [0, 0.05) is 42.9 Å². The third kappa shape index (κ3) is 2.64. The van der Waals surface area contributed by atoms with Crippen molar-refractivity contribution >= 4 is 17.7 Å². The molecule has 0 aromatic rings. The fourth-order valence-corrected chi connectivity index (χ4v) is 5.99. The number of hydrogen-bond donors (Lipinski definition) is 2. The van der Waals surface area contributed by atoms with E-state index < -0.39 is 11.8 Å². The molecular formula is C20H29N3O3. The Hall–Kier alpha value is -1.59. The lowest BCUT2D eigenvalue weighted by atomic mass is 9.73. The van der Waals surface area contributed by atoms with Crippen molar-refractivity contribution in [2.75, 3.05) is 19.6 Å². The second-order valence-corrected chi connectivity index (χ2v) is 9.69. The molecular weight excluding hydrogens is 330 g/mol. The number of nitrogens with one attached hydrogen (secondary N) is 2. The SMILES string of the molecule is CC1(C(=O)N2C[C@@H]3C(NC(=O)C(=O)NCC4CC4)[C@@H]3C2)CC2CCC1C2. The molecule has 0 spiro atoms. The van der Waals surface area contributed by atoms with Crippen molar-refractivity contribution in [2.24, 2.45) is 35.0 Å². The van der Waals surface area contributed by atoms with Crippen LogP contribution in [-0.4, -0.2) is 48.3 Å². The number of fused-ring (bicyclic) bond motifs is 3. The van der Waals surface area contributed by atoms with Crippen molar-refractivity contribution < 1.29 is 14.4 Å². The van der Waals surface area contributed by atoms with Crippen LogP contribution in [0.25, 0.3) is 0 Å². The summed E-state index contributed by atoms with van der Waals surface area (Å²) in [5.41, 5.74) is -0.152. The first-order valence-corrected chi connectivity index (χ1v) is 10.3. The number of carbonyl (C=O) groups is 3. The number of carbonyl (C=O) groups excluding carboxylic acids is 3. The first-order chi connectivity index (χ1) is 12.5. The highest BCUT2D eigenvalue weighted by Gasteiger charge is 2.61. The molecule has 0 aromatic carbocycles. The van der Waals surface area contributed by atoms with E-state index >= 15 is 0 Å². The first kappa shape index (κ1) is 16.6. The van der Waals surface area contributed by atoms with Crippen molar-refractivity contribution in [1.82, 2.24) is 15.5 Å². The molecule has 6 nitrogen and oxygen atoms in total. The number of hydrogen-bond acceptors (Lipinski definition) is 3. The highest BCUT2D eigenvalue weighted by molar-refractivity contribution is 6.35. The molecule has 6 heteroatoms. The average molecular weight is 359 g/mol. The zero-order valence-electron chi connectivity index (χ0n) is 15.5. The summed E-state index contributed by atoms with van der Waals surface area (Å²) in [5, 5.41) is 5.59. The van der Waals surface area contributed by atoms with E-state index in [-0.39, 0.29) is 11.5 Å². The molecule has 5 fully saturated rings. The molecule has 4 saturated carbocycles. The predicted octanol–water partition coefficient (Wildman–Crippen LogP) is 0.912. The zero-order chi connectivity index (χ0) is 18.1. The summed E-state index contributed by atoms with van der Waals surface area (Å²) < 4.78 is 0. The Labute approximate surface area is 154 Å². The van der Waals surface area contributed by atoms with Crippen LogP contribution in [0.4, 0.5) is 0 Å². The van der Waals surface area contributed by atoms with E-state index in [0.29, 0.717) is 36.1 Å². The second kappa shape index (κ2) is 5.70. The highest BCUT2D eigenvalue weighted by atomic mass is 16.2. The van der Waals surface area contributed by atoms with Gasteiger partial charge >= 0.3 is 11.8 Å². The van der Waals surface area contributed by atoms with Crippen molar-refractivity contribution in [2.45, 2.75) is 51.5 Å². The normalized spacial score (nSPS) is 42.5. The fraction of sp³-hybridized carbons (Fsp3) is 0.850. The second-order valence-electron chi connectivity index (χ2n) is 9.69. The van der Waals surface area contributed by atoms with Gasteiger partial charge in [0.15, 0.2) is 0 Å². The average Bonchev–Trinajstić information content (AvgIpc) is 3.37. The molecule has 4 aliphatic carbocycles. The van der Waals surface area contributed by atoms with E-state index in [0.717, 1.165) is 38.3 Å². The van der Waals surface area contributed by atoms with E-state index in [1.54, 1.807) is 0 Å². The molecule has 4 unspecified atom stereocenters. The molecule has 2 bridgehead atoms. The van der Waals surface area contributed by atoms with Crippen molar-refractivity contribution in [3.63, 3.8) is 0 Å². The van der Waals surface area contributed by atoms with Gasteiger partial charge in [-0.15, -0.1) is 0 Å². The topological polar surface area (TPSA) is 78.5 Å². The third-order valence-corrected chi connectivity index (χ3v) is 7.88. The van der Waals surface area contributed by atoms with Crippen LogP contribution in [0.15, 0.2) is 0 Å². The van der Waals surface area contributed by atoms with Crippen LogP contribution in [0.5, 0.6) is 0 Å². The Morgan fingerprint density at radius 2 is 1.77 bits per heavy atom. The van der Waals surface area contributed by atoms with Gasteiger partial charge in [-0.3, -0.25) is 14.4 Å². The lowest BCUT2D eigenvalue weighted by Crippen LogP contribution is -2.47. The van der Waals surface area contributed by atoms with Crippen molar-refractivity contribution in [3.8, 4) is 0 Å². The smallest absolute Gasteiger partial charge is 0.309 e. The van der Waals surface area contributed by atoms with Crippen molar-refractivity contribution in [3.05, 3.63) is 0 Å². The molecule has 3 amide bonds. The lowest BCUT2D eigenvalue weighted by Gasteiger charge is -2.36. The summed E-state index contributed by atoms with van der Waals surface area (Å²) in [6.45, 7) is 4.27. The van der Waals surface area contributed by atoms with Crippen LogP contribution in [0.1, 0.15) is 45.4 Å². The largest absolute Gasteiger partial charge is 0.348 e. The quantitative estimate of drug-likeness (QED) is 0.733. The maximum Gasteiger partial charge on any atom is 0.309 e. The Balaban J connectivity index is 1.11. The molecule has 2 N–H and O–H groups in total. The van der Waals surface area contributed by atoms with Crippen LogP contribution in [0, 0.1) is 35.0 Å². The minimum atomic E-state index is -0.511. The molecule has 5 rings (SSSR count). The lowest BCUT2D eigenvalue weighted by molar-refractivity contribution is -0.144. The number of amides is 3. The number of piperidine rings is 1. The van der Waals surface area contributed by atoms with Crippen molar-refractivity contribution in [1.29, 1.82) is 0 Å². The Morgan fingerprint density at radius 1 is 1.04 bits per heavy atom. The Bertz CT molecular complexity index is 649. The molecule has 1 saturated heterocycles. The number of likely N-dealkylation sites (tertiary alicyclic amines) is 1.